The molecular weight excluding hydrogens is 379 g/mol. The van der Waals surface area contributed by atoms with Gasteiger partial charge in [0.15, 0.2) is 0 Å². The summed E-state index contributed by atoms with van der Waals surface area (Å²) >= 11 is 0. The predicted molar refractivity (Wildman–Crippen MR) is 95.4 cm³/mol. The molecule has 0 unspecified atom stereocenters. The molecular formula is C18H16F3N3O4. The Balaban J connectivity index is 2.02. The molecule has 2 aromatic rings. The first-order valence-corrected chi connectivity index (χ1v) is 7.78. The predicted octanol–water partition coefficient (Wildman–Crippen LogP) is 2.81. The lowest BCUT2D eigenvalue weighted by molar-refractivity contribution is -0.137. The molecule has 148 valence electrons. The number of rotatable bonds is 5. The van der Waals surface area contributed by atoms with Crippen LogP contribution < -0.4 is 20.2 Å². The molecule has 0 aliphatic heterocycles. The Kier molecular flexibility index (Phi) is 6.59. The summed E-state index contributed by atoms with van der Waals surface area (Å²) in [5, 5.41) is 5.72. The molecule has 0 fully saturated rings. The van der Waals surface area contributed by atoms with Crippen LogP contribution in [0, 0.1) is 0 Å². The van der Waals surface area contributed by atoms with E-state index in [-0.39, 0.29) is 5.69 Å². The number of hydrogen-bond acceptors (Lipinski definition) is 5. The smallest absolute Gasteiger partial charge is 0.416 e. The highest BCUT2D eigenvalue weighted by Gasteiger charge is 2.30. The molecule has 0 spiro atoms. The van der Waals surface area contributed by atoms with Crippen LogP contribution in [-0.2, 0) is 15.8 Å². The number of anilines is 1. The molecule has 0 saturated carbocycles. The Morgan fingerprint density at radius 2 is 1.79 bits per heavy atom. The molecule has 2 amide bonds. The van der Waals surface area contributed by atoms with Crippen molar-refractivity contribution >= 4 is 23.7 Å². The molecule has 0 saturated heterocycles. The molecule has 0 aliphatic carbocycles. The second kappa shape index (κ2) is 8.89. The average Bonchev–Trinajstić information content (AvgIpc) is 2.67. The fourth-order valence-corrected chi connectivity index (χ4v) is 2.11. The Bertz CT molecular complexity index is 898. The van der Waals surface area contributed by atoms with Gasteiger partial charge in [-0.25, -0.2) is 5.43 Å². The first-order chi connectivity index (χ1) is 13.2. The summed E-state index contributed by atoms with van der Waals surface area (Å²) in [6.45, 7) is 0. The summed E-state index contributed by atoms with van der Waals surface area (Å²) in [7, 11) is 2.92. The second-order valence-electron chi connectivity index (χ2n) is 5.34. The van der Waals surface area contributed by atoms with Crippen LogP contribution in [0.2, 0.25) is 0 Å². The van der Waals surface area contributed by atoms with E-state index in [2.05, 4.69) is 10.4 Å². The number of hydrogen-bond donors (Lipinski definition) is 2. The van der Waals surface area contributed by atoms with Gasteiger partial charge in [0.2, 0.25) is 0 Å². The molecule has 0 aromatic heterocycles. The van der Waals surface area contributed by atoms with Crippen molar-refractivity contribution in [2.75, 3.05) is 19.5 Å². The third-order valence-electron chi connectivity index (χ3n) is 3.46. The monoisotopic (exact) mass is 395 g/mol. The van der Waals surface area contributed by atoms with Crippen LogP contribution in [0.25, 0.3) is 0 Å². The van der Waals surface area contributed by atoms with E-state index in [1.54, 1.807) is 18.2 Å². The third-order valence-corrected chi connectivity index (χ3v) is 3.46. The minimum Gasteiger partial charge on any atom is -0.497 e. The van der Waals surface area contributed by atoms with Crippen LogP contribution in [0.5, 0.6) is 11.5 Å². The lowest BCUT2D eigenvalue weighted by Gasteiger charge is -2.09. The van der Waals surface area contributed by atoms with Crippen molar-refractivity contribution in [1.82, 2.24) is 5.43 Å². The maximum Gasteiger partial charge on any atom is 0.416 e. The standard InChI is InChI=1S/C18H16F3N3O4/c1-27-14-6-7-15(28-2)11(8-14)10-22-24-17(26)16(25)23-13-5-3-4-12(9-13)18(19,20)21/h3-10H,1-2H3,(H,23,25)(H,24,26)/b22-10+. The van der Waals surface area contributed by atoms with E-state index in [9.17, 15) is 22.8 Å². The summed E-state index contributed by atoms with van der Waals surface area (Å²) < 4.78 is 48.2. The van der Waals surface area contributed by atoms with Crippen LogP contribution in [0.4, 0.5) is 18.9 Å². The van der Waals surface area contributed by atoms with Gasteiger partial charge >= 0.3 is 18.0 Å². The van der Waals surface area contributed by atoms with Gasteiger partial charge in [-0.1, -0.05) is 6.07 Å². The maximum absolute atomic E-state index is 12.7. The highest BCUT2D eigenvalue weighted by Crippen LogP contribution is 2.30. The van der Waals surface area contributed by atoms with Gasteiger partial charge in [-0.3, -0.25) is 9.59 Å². The Hall–Kier alpha value is -3.56. The quantitative estimate of drug-likeness (QED) is 0.463. The van der Waals surface area contributed by atoms with E-state index in [0.29, 0.717) is 17.1 Å². The largest absolute Gasteiger partial charge is 0.497 e. The van der Waals surface area contributed by atoms with Crippen molar-refractivity contribution in [3.05, 3.63) is 53.6 Å². The molecule has 0 radical (unpaired) electrons. The van der Waals surface area contributed by atoms with Crippen molar-refractivity contribution in [2.24, 2.45) is 5.10 Å². The Labute approximate surface area is 158 Å². The Morgan fingerprint density at radius 3 is 2.43 bits per heavy atom. The molecule has 0 bridgehead atoms. The zero-order chi connectivity index (χ0) is 20.7. The number of halogens is 3. The van der Waals surface area contributed by atoms with Gasteiger partial charge in [0.1, 0.15) is 11.5 Å². The fraction of sp³-hybridized carbons (Fsp3) is 0.167. The van der Waals surface area contributed by atoms with Gasteiger partial charge in [0.25, 0.3) is 0 Å². The molecule has 28 heavy (non-hydrogen) atoms. The number of alkyl halides is 3. The summed E-state index contributed by atoms with van der Waals surface area (Å²) in [5.41, 5.74) is 1.33. The van der Waals surface area contributed by atoms with E-state index in [1.165, 1.54) is 26.5 Å². The summed E-state index contributed by atoms with van der Waals surface area (Å²) in [6, 6.07) is 8.79. The molecule has 10 heteroatoms. The topological polar surface area (TPSA) is 89.0 Å². The number of methoxy groups -OCH3 is 2. The van der Waals surface area contributed by atoms with Gasteiger partial charge in [0.05, 0.1) is 26.0 Å². The van der Waals surface area contributed by atoms with Gasteiger partial charge < -0.3 is 14.8 Å². The van der Waals surface area contributed by atoms with Gasteiger partial charge in [-0.15, -0.1) is 0 Å². The number of nitrogens with one attached hydrogen (secondary N) is 2. The number of ether oxygens (including phenoxy) is 2. The molecule has 0 aliphatic rings. The average molecular weight is 395 g/mol. The maximum atomic E-state index is 12.7. The molecule has 2 aromatic carbocycles. The lowest BCUT2D eigenvalue weighted by Crippen LogP contribution is -2.32. The van der Waals surface area contributed by atoms with Gasteiger partial charge in [-0.2, -0.15) is 18.3 Å². The normalized spacial score (nSPS) is 11.2. The first-order valence-electron chi connectivity index (χ1n) is 7.78. The van der Waals surface area contributed by atoms with Gasteiger partial charge in [0, 0.05) is 11.3 Å². The van der Waals surface area contributed by atoms with E-state index in [1.807, 2.05) is 5.43 Å². The van der Waals surface area contributed by atoms with Crippen LogP contribution in [0.15, 0.2) is 47.6 Å². The first kappa shape index (κ1) is 20.7. The number of hydrazone groups is 1. The zero-order valence-corrected chi connectivity index (χ0v) is 14.8. The number of nitrogens with zero attached hydrogens (tertiary/aromatic N) is 1. The molecule has 7 nitrogen and oxygen atoms in total. The number of amides is 2. The SMILES string of the molecule is COc1ccc(OC)c(/C=N/NC(=O)C(=O)Nc2cccc(C(F)(F)F)c2)c1. The van der Waals surface area contributed by atoms with E-state index in [0.717, 1.165) is 18.2 Å². The van der Waals surface area contributed by atoms with Crippen LogP contribution in [0.1, 0.15) is 11.1 Å². The third kappa shape index (κ3) is 5.47. The van der Waals surface area contributed by atoms with Crippen molar-refractivity contribution in [3.8, 4) is 11.5 Å². The zero-order valence-electron chi connectivity index (χ0n) is 14.8. The summed E-state index contributed by atoms with van der Waals surface area (Å²) in [4.78, 5) is 23.6. The number of carbonyl (C=O) groups excluding carboxylic acids is 2. The Morgan fingerprint density at radius 1 is 1.04 bits per heavy atom. The summed E-state index contributed by atoms with van der Waals surface area (Å²) in [6.07, 6.45) is -3.33. The van der Waals surface area contributed by atoms with E-state index < -0.39 is 23.6 Å². The molecule has 2 N–H and O–H groups in total. The minimum atomic E-state index is -4.57. The van der Waals surface area contributed by atoms with E-state index >= 15 is 0 Å². The number of benzene rings is 2. The minimum absolute atomic E-state index is 0.173. The molecule has 2 rings (SSSR count). The van der Waals surface area contributed by atoms with Crippen molar-refractivity contribution < 1.29 is 32.2 Å². The summed E-state index contributed by atoms with van der Waals surface area (Å²) in [5.74, 6) is -1.35. The van der Waals surface area contributed by atoms with Crippen molar-refractivity contribution in [1.29, 1.82) is 0 Å². The second-order valence-corrected chi connectivity index (χ2v) is 5.34. The van der Waals surface area contributed by atoms with Crippen molar-refractivity contribution in [2.45, 2.75) is 6.18 Å². The molecule has 0 atom stereocenters. The van der Waals surface area contributed by atoms with Crippen LogP contribution in [0.3, 0.4) is 0 Å². The van der Waals surface area contributed by atoms with Crippen molar-refractivity contribution in [3.63, 3.8) is 0 Å². The molecule has 0 heterocycles. The van der Waals surface area contributed by atoms with Crippen LogP contribution >= 0.6 is 0 Å². The van der Waals surface area contributed by atoms with Crippen LogP contribution in [-0.4, -0.2) is 32.2 Å². The fourth-order valence-electron chi connectivity index (χ4n) is 2.11. The lowest BCUT2D eigenvalue weighted by atomic mass is 10.2. The highest BCUT2D eigenvalue weighted by atomic mass is 19.4. The highest BCUT2D eigenvalue weighted by molar-refractivity contribution is 6.39. The van der Waals surface area contributed by atoms with E-state index in [4.69, 9.17) is 9.47 Å². The van der Waals surface area contributed by atoms with Gasteiger partial charge in [-0.05, 0) is 36.4 Å². The number of carbonyl (C=O) groups is 2.